The Morgan fingerprint density at radius 1 is 1.15 bits per heavy atom. The molecule has 0 aromatic heterocycles. The lowest BCUT2D eigenvalue weighted by molar-refractivity contribution is -0.131. The van der Waals surface area contributed by atoms with Gasteiger partial charge in [-0.1, -0.05) is 49.4 Å². The lowest BCUT2D eigenvalue weighted by Crippen LogP contribution is -2.50. The Labute approximate surface area is 121 Å². The molecule has 2 aliphatic rings. The predicted octanol–water partition coefficient (Wildman–Crippen LogP) is 3.75. The number of ketones is 1. The summed E-state index contributed by atoms with van der Waals surface area (Å²) in [5.74, 6) is 0.590. The fourth-order valence-corrected chi connectivity index (χ4v) is 3.62. The molecule has 2 heteroatoms. The normalized spacial score (nSPS) is 33.0. The second kappa shape index (κ2) is 5.92. The highest BCUT2D eigenvalue weighted by Gasteiger charge is 2.39. The van der Waals surface area contributed by atoms with Crippen molar-refractivity contribution < 1.29 is 4.79 Å². The van der Waals surface area contributed by atoms with E-state index in [0.717, 1.165) is 19.4 Å². The third-order valence-electron chi connectivity index (χ3n) is 4.82. The molecule has 0 unspecified atom stereocenters. The van der Waals surface area contributed by atoms with Crippen molar-refractivity contribution in [2.24, 2.45) is 5.92 Å². The highest BCUT2D eigenvalue weighted by atomic mass is 16.1. The summed E-state index contributed by atoms with van der Waals surface area (Å²) in [6.07, 6.45) is 8.58. The number of carbonyl (C=O) groups is 1. The van der Waals surface area contributed by atoms with Crippen LogP contribution in [-0.4, -0.2) is 23.3 Å². The molecule has 0 aliphatic carbocycles. The largest absolute Gasteiger partial charge is 0.299 e. The van der Waals surface area contributed by atoms with Gasteiger partial charge in [0.2, 0.25) is 0 Å². The first-order valence-electron chi connectivity index (χ1n) is 7.76. The summed E-state index contributed by atoms with van der Waals surface area (Å²) >= 11 is 0. The maximum absolute atomic E-state index is 12.4. The van der Waals surface area contributed by atoms with Crippen molar-refractivity contribution in [1.82, 2.24) is 4.90 Å². The van der Waals surface area contributed by atoms with E-state index in [-0.39, 0.29) is 12.0 Å². The number of hydrogen-bond acceptors (Lipinski definition) is 2. The number of benzene rings is 1. The van der Waals surface area contributed by atoms with Gasteiger partial charge < -0.3 is 0 Å². The van der Waals surface area contributed by atoms with Crippen LogP contribution in [0.4, 0.5) is 0 Å². The average molecular weight is 269 g/mol. The van der Waals surface area contributed by atoms with Gasteiger partial charge in [0.05, 0.1) is 0 Å². The number of Topliss-reactive ketones (excluding diaryl/α,β-unsaturated/α-hetero) is 1. The number of fused-ring (bicyclic) bond motifs is 1. The van der Waals surface area contributed by atoms with Crippen LogP contribution in [0, 0.1) is 5.92 Å². The molecule has 2 nitrogen and oxygen atoms in total. The Kier molecular flexibility index (Phi) is 4.02. The van der Waals surface area contributed by atoms with Crippen molar-refractivity contribution >= 4 is 5.78 Å². The van der Waals surface area contributed by atoms with Crippen molar-refractivity contribution in [2.75, 3.05) is 6.54 Å². The minimum absolute atomic E-state index is 0.165. The molecule has 0 spiro atoms. The first-order chi connectivity index (χ1) is 9.77. The molecule has 3 atom stereocenters. The van der Waals surface area contributed by atoms with Crippen molar-refractivity contribution in [3.05, 3.63) is 48.0 Å². The molecule has 0 radical (unpaired) electrons. The fourth-order valence-electron chi connectivity index (χ4n) is 3.62. The van der Waals surface area contributed by atoms with Gasteiger partial charge in [-0.05, 0) is 31.4 Å². The summed E-state index contributed by atoms with van der Waals surface area (Å²) in [6, 6.07) is 11.2. The molecule has 0 amide bonds. The molecule has 3 rings (SSSR count). The minimum atomic E-state index is 0.165. The second-order valence-electron chi connectivity index (χ2n) is 6.04. The maximum Gasteiger partial charge on any atom is 0.139 e. The van der Waals surface area contributed by atoms with E-state index in [1.54, 1.807) is 0 Å². The Balaban J connectivity index is 1.93. The predicted molar refractivity (Wildman–Crippen MR) is 81.5 cm³/mol. The summed E-state index contributed by atoms with van der Waals surface area (Å²) < 4.78 is 0. The molecule has 1 aromatic carbocycles. The number of allylic oxidation sites excluding steroid dienone is 1. The Morgan fingerprint density at radius 3 is 2.75 bits per heavy atom. The molecule has 1 saturated heterocycles. The smallest absolute Gasteiger partial charge is 0.139 e. The molecule has 106 valence electrons. The van der Waals surface area contributed by atoms with Crippen LogP contribution in [0.25, 0.3) is 0 Å². The van der Waals surface area contributed by atoms with Crippen molar-refractivity contribution in [3.8, 4) is 0 Å². The van der Waals surface area contributed by atoms with Gasteiger partial charge in [0.1, 0.15) is 5.78 Å². The number of hydrogen-bond donors (Lipinski definition) is 0. The van der Waals surface area contributed by atoms with Gasteiger partial charge >= 0.3 is 0 Å². The molecular weight excluding hydrogens is 246 g/mol. The maximum atomic E-state index is 12.4. The number of rotatable bonds is 1. The van der Waals surface area contributed by atoms with E-state index in [9.17, 15) is 4.79 Å². The van der Waals surface area contributed by atoms with Crippen LogP contribution in [0.2, 0.25) is 0 Å². The molecule has 2 aliphatic heterocycles. The van der Waals surface area contributed by atoms with Gasteiger partial charge in [-0.3, -0.25) is 9.69 Å². The number of carbonyl (C=O) groups excluding carboxylic acids is 1. The Morgan fingerprint density at radius 2 is 1.95 bits per heavy atom. The first-order valence-corrected chi connectivity index (χ1v) is 7.76. The third kappa shape index (κ3) is 2.57. The first kappa shape index (κ1) is 13.6. The monoisotopic (exact) mass is 269 g/mol. The second-order valence-corrected chi connectivity index (χ2v) is 6.04. The summed E-state index contributed by atoms with van der Waals surface area (Å²) in [4.78, 5) is 15.0. The zero-order valence-electron chi connectivity index (χ0n) is 12.2. The SMILES string of the molecule is C[C@@H]1C(=O)C[C@@H](c2ccccc2)N2CCC/C=C\C[C@@H]12. The molecule has 20 heavy (non-hydrogen) atoms. The van der Waals surface area contributed by atoms with Gasteiger partial charge in [0.25, 0.3) is 0 Å². The molecule has 0 bridgehead atoms. The van der Waals surface area contributed by atoms with Gasteiger partial charge in [-0.15, -0.1) is 0 Å². The molecule has 0 saturated carbocycles. The van der Waals surface area contributed by atoms with Crippen LogP contribution in [0.15, 0.2) is 42.5 Å². The topological polar surface area (TPSA) is 20.3 Å². The Bertz CT molecular complexity index is 493. The highest BCUT2D eigenvalue weighted by molar-refractivity contribution is 5.83. The molecule has 1 aromatic rings. The van der Waals surface area contributed by atoms with E-state index >= 15 is 0 Å². The molecule has 2 heterocycles. The van der Waals surface area contributed by atoms with Crippen LogP contribution in [0.5, 0.6) is 0 Å². The zero-order chi connectivity index (χ0) is 13.9. The van der Waals surface area contributed by atoms with E-state index < -0.39 is 0 Å². The Hall–Kier alpha value is -1.41. The molecular formula is C18H23NO. The van der Waals surface area contributed by atoms with E-state index in [1.165, 1.54) is 12.0 Å². The van der Waals surface area contributed by atoms with Crippen LogP contribution < -0.4 is 0 Å². The number of nitrogens with zero attached hydrogens (tertiary/aromatic N) is 1. The van der Waals surface area contributed by atoms with Gasteiger partial charge in [-0.25, -0.2) is 0 Å². The van der Waals surface area contributed by atoms with Gasteiger partial charge in [-0.2, -0.15) is 0 Å². The summed E-state index contributed by atoms with van der Waals surface area (Å²) in [5.41, 5.74) is 1.29. The fraction of sp³-hybridized carbons (Fsp3) is 0.500. The van der Waals surface area contributed by atoms with Crippen LogP contribution in [0.3, 0.4) is 0 Å². The lowest BCUT2D eigenvalue weighted by atomic mass is 9.81. The summed E-state index contributed by atoms with van der Waals surface area (Å²) in [5, 5.41) is 0. The third-order valence-corrected chi connectivity index (χ3v) is 4.82. The zero-order valence-corrected chi connectivity index (χ0v) is 12.2. The van der Waals surface area contributed by atoms with Crippen LogP contribution in [-0.2, 0) is 4.79 Å². The van der Waals surface area contributed by atoms with Crippen LogP contribution in [0.1, 0.15) is 44.2 Å². The van der Waals surface area contributed by atoms with Crippen molar-refractivity contribution in [1.29, 1.82) is 0 Å². The van der Waals surface area contributed by atoms with Crippen molar-refractivity contribution in [2.45, 2.75) is 44.7 Å². The summed E-state index contributed by atoms with van der Waals surface area (Å²) in [7, 11) is 0. The van der Waals surface area contributed by atoms with Gasteiger partial charge in [0.15, 0.2) is 0 Å². The average Bonchev–Trinajstić information content (AvgIpc) is 2.44. The standard InChI is InChI=1S/C18H23NO/c1-14-16-11-7-2-3-8-12-19(16)17(13-18(14)20)15-9-5-4-6-10-15/h2,4-7,9-10,14,16-17H,3,8,11-13H2,1H3/b7-2-/t14-,16-,17-/m0/s1. The summed E-state index contributed by atoms with van der Waals surface area (Å²) in [6.45, 7) is 3.21. The van der Waals surface area contributed by atoms with Crippen molar-refractivity contribution in [3.63, 3.8) is 0 Å². The minimum Gasteiger partial charge on any atom is -0.299 e. The van der Waals surface area contributed by atoms with E-state index in [1.807, 2.05) is 6.07 Å². The van der Waals surface area contributed by atoms with Gasteiger partial charge in [0, 0.05) is 24.4 Å². The highest BCUT2D eigenvalue weighted by Crippen LogP contribution is 2.37. The molecule has 0 N–H and O–H groups in total. The quantitative estimate of drug-likeness (QED) is 0.724. The van der Waals surface area contributed by atoms with E-state index in [0.29, 0.717) is 18.2 Å². The lowest BCUT2D eigenvalue weighted by Gasteiger charge is -2.45. The van der Waals surface area contributed by atoms with Crippen LogP contribution >= 0.6 is 0 Å². The molecule has 1 fully saturated rings. The van der Waals surface area contributed by atoms with E-state index in [4.69, 9.17) is 0 Å². The number of piperidine rings is 1. The van der Waals surface area contributed by atoms with E-state index in [2.05, 4.69) is 48.2 Å².